The molecule has 0 aromatic heterocycles. The predicted molar refractivity (Wildman–Crippen MR) is 58.5 cm³/mol. The first-order valence-corrected chi connectivity index (χ1v) is 4.81. The second kappa shape index (κ2) is 9.69. The maximum absolute atomic E-state index is 10.3. The van der Waals surface area contributed by atoms with Crippen molar-refractivity contribution in [3.05, 3.63) is 0 Å². The van der Waals surface area contributed by atoms with E-state index in [1.165, 1.54) is 0 Å². The van der Waals surface area contributed by atoms with Crippen molar-refractivity contribution >= 4 is 17.9 Å². The number of hydrogen-bond acceptors (Lipinski definition) is 6. The Hall–Kier alpha value is -2.31. The van der Waals surface area contributed by atoms with Crippen LogP contribution >= 0.6 is 0 Å². The van der Waals surface area contributed by atoms with Crippen LogP contribution in [0.15, 0.2) is 0 Å². The molecule has 0 saturated heterocycles. The zero-order valence-corrected chi connectivity index (χ0v) is 9.74. The lowest BCUT2D eigenvalue weighted by Crippen LogP contribution is -2.42. The molecule has 108 valence electrons. The standard InChI is InChI=1S/C6H8O7.C4H6O2/c7-3(8)1-6(13,5(11)12)2-4(9)10;5-3-1-2-4-6/h13H,1-2H2,(H,7,8)(H,9,10)(H,11,12);5-6H,1,3H2. The highest BCUT2D eigenvalue weighted by Crippen LogP contribution is 2.15. The number of carbonyl (C=O) groups is 3. The fraction of sp³-hybridized carbons (Fsp3) is 0.500. The van der Waals surface area contributed by atoms with Crippen LogP contribution in [0.2, 0.25) is 0 Å². The SMILES string of the molecule is O=C(O)CC(O)(CC(=O)O)C(=O)O.OC#CCCO. The molecule has 9 heteroatoms. The van der Waals surface area contributed by atoms with Crippen molar-refractivity contribution in [2.45, 2.75) is 24.9 Å². The first-order valence-electron chi connectivity index (χ1n) is 4.81. The number of rotatable bonds is 6. The molecule has 0 aromatic carbocycles. The van der Waals surface area contributed by atoms with Crippen molar-refractivity contribution in [2.75, 3.05) is 6.61 Å². The number of hydrogen-bond donors (Lipinski definition) is 6. The van der Waals surface area contributed by atoms with Crippen molar-refractivity contribution in [1.29, 1.82) is 0 Å². The molecular formula is C10H14O9. The highest BCUT2D eigenvalue weighted by Gasteiger charge is 2.40. The summed E-state index contributed by atoms with van der Waals surface area (Å²) in [6, 6.07) is 0. The zero-order valence-electron chi connectivity index (χ0n) is 9.74. The van der Waals surface area contributed by atoms with Gasteiger partial charge in [-0.2, -0.15) is 0 Å². The highest BCUT2D eigenvalue weighted by molar-refractivity contribution is 5.88. The lowest BCUT2D eigenvalue weighted by Gasteiger charge is -2.18. The van der Waals surface area contributed by atoms with Crippen molar-refractivity contribution in [1.82, 2.24) is 0 Å². The van der Waals surface area contributed by atoms with Gasteiger partial charge in [0.1, 0.15) is 6.11 Å². The second-order valence-electron chi connectivity index (χ2n) is 3.24. The van der Waals surface area contributed by atoms with E-state index >= 15 is 0 Å². The van der Waals surface area contributed by atoms with E-state index in [4.69, 9.17) is 30.6 Å². The Balaban J connectivity index is 0. The Morgan fingerprint density at radius 2 is 1.42 bits per heavy atom. The lowest BCUT2D eigenvalue weighted by atomic mass is 9.96. The zero-order chi connectivity index (χ0) is 15.5. The van der Waals surface area contributed by atoms with E-state index in [0.717, 1.165) is 0 Å². The van der Waals surface area contributed by atoms with Crippen molar-refractivity contribution in [3.63, 3.8) is 0 Å². The fourth-order valence-corrected chi connectivity index (χ4v) is 0.826. The maximum Gasteiger partial charge on any atom is 0.336 e. The number of aliphatic hydroxyl groups excluding tert-OH is 2. The lowest BCUT2D eigenvalue weighted by molar-refractivity contribution is -0.170. The van der Waals surface area contributed by atoms with Crippen LogP contribution in [0.25, 0.3) is 0 Å². The Labute approximate surface area is 107 Å². The van der Waals surface area contributed by atoms with E-state index in [2.05, 4.69) is 5.92 Å². The van der Waals surface area contributed by atoms with Gasteiger partial charge < -0.3 is 30.6 Å². The average molecular weight is 278 g/mol. The summed E-state index contributed by atoms with van der Waals surface area (Å²) in [5.41, 5.74) is -2.74. The van der Waals surface area contributed by atoms with E-state index < -0.39 is 36.4 Å². The average Bonchev–Trinajstić information content (AvgIpc) is 2.24. The monoisotopic (exact) mass is 278 g/mol. The Morgan fingerprint density at radius 1 is 1.00 bits per heavy atom. The maximum atomic E-state index is 10.3. The smallest absolute Gasteiger partial charge is 0.336 e. The quantitative estimate of drug-likeness (QED) is 0.314. The molecular weight excluding hydrogens is 264 g/mol. The minimum Gasteiger partial charge on any atom is -0.481 e. The van der Waals surface area contributed by atoms with Gasteiger partial charge in [0.05, 0.1) is 19.4 Å². The molecule has 0 unspecified atom stereocenters. The van der Waals surface area contributed by atoms with Crippen LogP contribution < -0.4 is 0 Å². The van der Waals surface area contributed by atoms with Gasteiger partial charge in [0.2, 0.25) is 0 Å². The molecule has 0 saturated carbocycles. The van der Waals surface area contributed by atoms with Crippen LogP contribution in [0.4, 0.5) is 0 Å². The van der Waals surface area contributed by atoms with Crippen molar-refractivity contribution in [3.8, 4) is 12.0 Å². The van der Waals surface area contributed by atoms with Crippen LogP contribution in [0.5, 0.6) is 0 Å². The molecule has 0 heterocycles. The summed E-state index contributed by atoms with van der Waals surface area (Å²) in [5.74, 6) is -2.77. The van der Waals surface area contributed by atoms with Gasteiger partial charge >= 0.3 is 17.9 Å². The summed E-state index contributed by atoms with van der Waals surface area (Å²) in [6.45, 7) is 0.0214. The normalized spacial score (nSPS) is 9.37. The first kappa shape index (κ1) is 19.0. The van der Waals surface area contributed by atoms with Gasteiger partial charge in [-0.3, -0.25) is 9.59 Å². The number of aliphatic hydroxyl groups is 3. The molecule has 0 amide bonds. The van der Waals surface area contributed by atoms with Gasteiger partial charge in [-0.15, -0.1) is 0 Å². The van der Waals surface area contributed by atoms with E-state index in [0.29, 0.717) is 6.42 Å². The van der Waals surface area contributed by atoms with Crippen LogP contribution in [0.3, 0.4) is 0 Å². The third-order valence-corrected chi connectivity index (χ3v) is 1.60. The van der Waals surface area contributed by atoms with Gasteiger partial charge in [0, 0.05) is 6.42 Å². The summed E-state index contributed by atoms with van der Waals surface area (Å²) in [5, 5.41) is 49.5. The van der Waals surface area contributed by atoms with Crippen LogP contribution in [-0.2, 0) is 14.4 Å². The summed E-state index contributed by atoms with van der Waals surface area (Å²) < 4.78 is 0. The molecule has 0 aliphatic heterocycles. The molecule has 9 nitrogen and oxygen atoms in total. The molecule has 0 spiro atoms. The summed E-state index contributed by atoms with van der Waals surface area (Å²) in [4.78, 5) is 30.5. The molecule has 19 heavy (non-hydrogen) atoms. The Kier molecular flexibility index (Phi) is 9.71. The Morgan fingerprint density at radius 3 is 1.58 bits per heavy atom. The minimum absolute atomic E-state index is 0.0214. The van der Waals surface area contributed by atoms with Gasteiger partial charge in [0.25, 0.3) is 0 Å². The second-order valence-corrected chi connectivity index (χ2v) is 3.24. The summed E-state index contributed by atoms with van der Waals surface area (Å²) in [6.07, 6.45) is -0.272. The Bertz CT molecular complexity index is 360. The summed E-state index contributed by atoms with van der Waals surface area (Å²) >= 11 is 0. The van der Waals surface area contributed by atoms with E-state index in [1.54, 1.807) is 6.11 Å². The third-order valence-electron chi connectivity index (χ3n) is 1.60. The van der Waals surface area contributed by atoms with E-state index in [9.17, 15) is 14.4 Å². The predicted octanol–water partition coefficient (Wildman–Crippen LogP) is -1.55. The van der Waals surface area contributed by atoms with E-state index in [1.807, 2.05) is 0 Å². The molecule has 0 atom stereocenters. The van der Waals surface area contributed by atoms with Crippen molar-refractivity contribution < 1.29 is 45.0 Å². The number of carboxylic acids is 3. The van der Waals surface area contributed by atoms with Gasteiger partial charge in [-0.05, 0) is 0 Å². The van der Waals surface area contributed by atoms with Crippen LogP contribution in [-0.4, -0.2) is 60.8 Å². The molecule has 0 aliphatic carbocycles. The molecule has 0 aliphatic rings. The molecule has 6 N–H and O–H groups in total. The van der Waals surface area contributed by atoms with Gasteiger partial charge in [-0.25, -0.2) is 4.79 Å². The molecule has 0 radical (unpaired) electrons. The van der Waals surface area contributed by atoms with E-state index in [-0.39, 0.29) is 6.61 Å². The van der Waals surface area contributed by atoms with Gasteiger partial charge in [0.15, 0.2) is 5.60 Å². The fourth-order valence-electron chi connectivity index (χ4n) is 0.826. The highest BCUT2D eigenvalue weighted by atomic mass is 16.4. The van der Waals surface area contributed by atoms with Crippen LogP contribution in [0, 0.1) is 12.0 Å². The minimum atomic E-state index is -2.74. The first-order chi connectivity index (χ1) is 8.69. The van der Waals surface area contributed by atoms with Gasteiger partial charge in [-0.1, -0.05) is 5.92 Å². The molecule has 0 rings (SSSR count). The molecule has 0 fully saturated rings. The largest absolute Gasteiger partial charge is 0.481 e. The number of aliphatic carboxylic acids is 3. The third kappa shape index (κ3) is 10.6. The number of carboxylic acid groups (broad SMARTS) is 3. The topological polar surface area (TPSA) is 173 Å². The van der Waals surface area contributed by atoms with Crippen molar-refractivity contribution in [2.24, 2.45) is 0 Å². The molecule has 0 aromatic rings. The molecule has 0 bridgehead atoms. The van der Waals surface area contributed by atoms with Crippen LogP contribution in [0.1, 0.15) is 19.3 Å². The summed E-state index contributed by atoms with van der Waals surface area (Å²) in [7, 11) is 0.